The molecule has 0 saturated carbocycles. The number of nitrogens with one attached hydrogen (secondary N) is 1. The number of likely N-dealkylation sites (N-methyl/N-ethyl adjacent to an activating group) is 1. The molecule has 0 fully saturated rings. The molecule has 1 rings (SSSR count). The summed E-state index contributed by atoms with van der Waals surface area (Å²) in [5.41, 5.74) is 7.46. The van der Waals surface area contributed by atoms with Gasteiger partial charge in [0.2, 0.25) is 0 Å². The van der Waals surface area contributed by atoms with Crippen LogP contribution in [0.4, 0.5) is 0 Å². The molecule has 0 bridgehead atoms. The SMILES string of the molecule is CCCN(CCN(C)C)Cc1ccc(OC)c(C(=N)N)c1. The summed E-state index contributed by atoms with van der Waals surface area (Å²) in [4.78, 5) is 4.61. The molecule has 0 amide bonds. The first-order chi connectivity index (χ1) is 9.97. The van der Waals surface area contributed by atoms with E-state index in [4.69, 9.17) is 15.9 Å². The smallest absolute Gasteiger partial charge is 0.129 e. The maximum Gasteiger partial charge on any atom is 0.129 e. The topological polar surface area (TPSA) is 65.6 Å². The zero-order chi connectivity index (χ0) is 15.8. The maximum atomic E-state index is 7.65. The van der Waals surface area contributed by atoms with E-state index < -0.39 is 0 Å². The first-order valence-corrected chi connectivity index (χ1v) is 7.36. The van der Waals surface area contributed by atoms with E-state index in [9.17, 15) is 0 Å². The van der Waals surface area contributed by atoms with Gasteiger partial charge in [0.15, 0.2) is 0 Å². The van der Waals surface area contributed by atoms with E-state index in [0.717, 1.165) is 38.2 Å². The van der Waals surface area contributed by atoms with E-state index in [1.165, 1.54) is 0 Å². The summed E-state index contributed by atoms with van der Waals surface area (Å²) in [6, 6.07) is 5.89. The van der Waals surface area contributed by atoms with Gasteiger partial charge in [-0.05, 0) is 44.8 Å². The van der Waals surface area contributed by atoms with Crippen LogP contribution in [-0.4, -0.2) is 56.5 Å². The Labute approximate surface area is 128 Å². The number of hydrogen-bond acceptors (Lipinski definition) is 4. The second-order valence-corrected chi connectivity index (χ2v) is 5.53. The van der Waals surface area contributed by atoms with Crippen LogP contribution < -0.4 is 10.5 Å². The highest BCUT2D eigenvalue weighted by molar-refractivity contribution is 5.97. The summed E-state index contributed by atoms with van der Waals surface area (Å²) in [6.07, 6.45) is 1.13. The van der Waals surface area contributed by atoms with E-state index in [2.05, 4.69) is 30.8 Å². The van der Waals surface area contributed by atoms with Crippen LogP contribution in [0, 0.1) is 5.41 Å². The van der Waals surface area contributed by atoms with E-state index in [-0.39, 0.29) is 5.84 Å². The van der Waals surface area contributed by atoms with Crippen molar-refractivity contribution in [2.45, 2.75) is 19.9 Å². The maximum absolute atomic E-state index is 7.65. The fourth-order valence-electron chi connectivity index (χ4n) is 2.25. The van der Waals surface area contributed by atoms with Crippen LogP contribution in [0.25, 0.3) is 0 Å². The van der Waals surface area contributed by atoms with Gasteiger partial charge in [-0.15, -0.1) is 0 Å². The second kappa shape index (κ2) is 8.64. The normalized spacial score (nSPS) is 11.1. The molecule has 0 aliphatic heterocycles. The third-order valence-electron chi connectivity index (χ3n) is 3.36. The third kappa shape index (κ3) is 5.73. The molecule has 0 heterocycles. The number of methoxy groups -OCH3 is 1. The average Bonchev–Trinajstić information content (AvgIpc) is 2.44. The molecule has 0 radical (unpaired) electrons. The van der Waals surface area contributed by atoms with Crippen LogP contribution in [0.2, 0.25) is 0 Å². The zero-order valence-corrected chi connectivity index (χ0v) is 13.6. The molecule has 3 N–H and O–H groups in total. The van der Waals surface area contributed by atoms with Gasteiger partial charge in [0.1, 0.15) is 11.6 Å². The Morgan fingerprint density at radius 2 is 1.95 bits per heavy atom. The summed E-state index contributed by atoms with van der Waals surface area (Å²) in [5.74, 6) is 0.700. The third-order valence-corrected chi connectivity index (χ3v) is 3.36. The molecule has 5 nitrogen and oxygen atoms in total. The van der Waals surface area contributed by atoms with Gasteiger partial charge in [0.05, 0.1) is 12.7 Å². The first-order valence-electron chi connectivity index (χ1n) is 7.36. The molecule has 21 heavy (non-hydrogen) atoms. The largest absolute Gasteiger partial charge is 0.496 e. The van der Waals surface area contributed by atoms with Crippen molar-refractivity contribution in [3.8, 4) is 5.75 Å². The van der Waals surface area contributed by atoms with Crippen molar-refractivity contribution in [2.24, 2.45) is 5.73 Å². The van der Waals surface area contributed by atoms with Crippen molar-refractivity contribution in [1.29, 1.82) is 5.41 Å². The van der Waals surface area contributed by atoms with Crippen molar-refractivity contribution < 1.29 is 4.74 Å². The lowest BCUT2D eigenvalue weighted by molar-refractivity contribution is 0.234. The molecule has 0 aliphatic rings. The van der Waals surface area contributed by atoms with Crippen LogP contribution in [0.1, 0.15) is 24.5 Å². The molecule has 1 aromatic rings. The Hall–Kier alpha value is -1.59. The van der Waals surface area contributed by atoms with Crippen molar-refractivity contribution in [1.82, 2.24) is 9.80 Å². The molecule has 118 valence electrons. The fourth-order valence-corrected chi connectivity index (χ4v) is 2.25. The molecular formula is C16H28N4O. The van der Waals surface area contributed by atoms with E-state index in [0.29, 0.717) is 11.3 Å². The molecule has 0 aliphatic carbocycles. The van der Waals surface area contributed by atoms with Gasteiger partial charge in [0.25, 0.3) is 0 Å². The van der Waals surface area contributed by atoms with Crippen LogP contribution in [-0.2, 0) is 6.54 Å². The Morgan fingerprint density at radius 3 is 2.48 bits per heavy atom. The number of nitrogen functional groups attached to an aromatic ring is 1. The van der Waals surface area contributed by atoms with Crippen LogP contribution in [0.3, 0.4) is 0 Å². The van der Waals surface area contributed by atoms with Gasteiger partial charge in [0, 0.05) is 19.6 Å². The number of hydrogen-bond donors (Lipinski definition) is 2. The van der Waals surface area contributed by atoms with Crippen molar-refractivity contribution in [3.05, 3.63) is 29.3 Å². The number of nitrogens with zero attached hydrogens (tertiary/aromatic N) is 2. The molecule has 0 atom stereocenters. The zero-order valence-electron chi connectivity index (χ0n) is 13.6. The van der Waals surface area contributed by atoms with Crippen molar-refractivity contribution in [2.75, 3.05) is 40.8 Å². The van der Waals surface area contributed by atoms with Crippen LogP contribution in [0.5, 0.6) is 5.75 Å². The minimum absolute atomic E-state index is 0.0454. The number of rotatable bonds is 9. The Kier molecular flexibility index (Phi) is 7.19. The van der Waals surface area contributed by atoms with Gasteiger partial charge < -0.3 is 15.4 Å². The van der Waals surface area contributed by atoms with Gasteiger partial charge in [-0.3, -0.25) is 10.3 Å². The average molecular weight is 292 g/mol. The molecule has 0 aromatic heterocycles. The first kappa shape index (κ1) is 17.5. The van der Waals surface area contributed by atoms with Gasteiger partial charge >= 0.3 is 0 Å². The minimum Gasteiger partial charge on any atom is -0.496 e. The summed E-state index contributed by atoms with van der Waals surface area (Å²) < 4.78 is 5.25. The number of benzene rings is 1. The van der Waals surface area contributed by atoms with Crippen LogP contribution in [0.15, 0.2) is 18.2 Å². The number of nitrogens with two attached hydrogens (primary N) is 1. The summed E-state index contributed by atoms with van der Waals surface area (Å²) >= 11 is 0. The standard InChI is InChI=1S/C16H28N4O/c1-5-8-20(10-9-19(2)3)12-13-6-7-15(21-4)14(11-13)16(17)18/h6-7,11H,5,8-10,12H2,1-4H3,(H3,17,18). The lowest BCUT2D eigenvalue weighted by Crippen LogP contribution is -2.32. The molecule has 1 aromatic carbocycles. The minimum atomic E-state index is 0.0454. The highest BCUT2D eigenvalue weighted by Crippen LogP contribution is 2.20. The summed E-state index contributed by atoms with van der Waals surface area (Å²) in [6.45, 7) is 6.19. The van der Waals surface area contributed by atoms with E-state index >= 15 is 0 Å². The molecule has 0 unspecified atom stereocenters. The van der Waals surface area contributed by atoms with E-state index in [1.807, 2.05) is 18.2 Å². The number of ether oxygens (including phenoxy) is 1. The van der Waals surface area contributed by atoms with Gasteiger partial charge in [-0.2, -0.15) is 0 Å². The summed E-state index contributed by atoms with van der Waals surface area (Å²) in [7, 11) is 5.78. The molecule has 0 saturated heterocycles. The second-order valence-electron chi connectivity index (χ2n) is 5.53. The van der Waals surface area contributed by atoms with E-state index in [1.54, 1.807) is 7.11 Å². The van der Waals surface area contributed by atoms with Crippen molar-refractivity contribution in [3.63, 3.8) is 0 Å². The van der Waals surface area contributed by atoms with Crippen LogP contribution >= 0.6 is 0 Å². The summed E-state index contributed by atoms with van der Waals surface area (Å²) in [5, 5.41) is 7.65. The Balaban J connectivity index is 2.83. The monoisotopic (exact) mass is 292 g/mol. The molecule has 0 spiro atoms. The van der Waals surface area contributed by atoms with Gasteiger partial charge in [-0.1, -0.05) is 13.0 Å². The lowest BCUT2D eigenvalue weighted by atomic mass is 10.1. The quantitative estimate of drug-likeness (QED) is 0.537. The predicted molar refractivity (Wildman–Crippen MR) is 88.1 cm³/mol. The van der Waals surface area contributed by atoms with Crippen molar-refractivity contribution >= 4 is 5.84 Å². The fraction of sp³-hybridized carbons (Fsp3) is 0.562. The highest BCUT2D eigenvalue weighted by atomic mass is 16.5. The highest BCUT2D eigenvalue weighted by Gasteiger charge is 2.10. The number of amidine groups is 1. The lowest BCUT2D eigenvalue weighted by Gasteiger charge is -2.24. The molecular weight excluding hydrogens is 264 g/mol. The molecule has 5 heteroatoms. The van der Waals surface area contributed by atoms with Gasteiger partial charge in [-0.25, -0.2) is 0 Å². The Morgan fingerprint density at radius 1 is 1.24 bits per heavy atom. The predicted octanol–water partition coefficient (Wildman–Crippen LogP) is 1.75. The Bertz CT molecular complexity index is 460.